The minimum absolute atomic E-state index is 0.143. The topological polar surface area (TPSA) is 92.1 Å². The van der Waals surface area contributed by atoms with E-state index in [0.717, 1.165) is 15.7 Å². The van der Waals surface area contributed by atoms with Crippen LogP contribution in [0, 0.1) is 5.92 Å². The summed E-state index contributed by atoms with van der Waals surface area (Å²) in [5.41, 5.74) is 7.04. The van der Waals surface area contributed by atoms with Gasteiger partial charge < -0.3 is 10.7 Å². The number of primary amides is 1. The Hall–Kier alpha value is -2.15. The van der Waals surface area contributed by atoms with Crippen LogP contribution in [0.25, 0.3) is 11.3 Å². The minimum atomic E-state index is -0.453. The Balaban J connectivity index is 1.84. The number of benzene rings is 1. The number of rotatable bonds is 3. The molecule has 108 valence electrons. The lowest BCUT2D eigenvalue weighted by Gasteiger charge is -2.12. The molecule has 1 fully saturated rings. The molecule has 1 atom stereocenters. The van der Waals surface area contributed by atoms with Crippen LogP contribution in [0.2, 0.25) is 0 Å². The van der Waals surface area contributed by atoms with Crippen LogP contribution in [-0.4, -0.2) is 28.3 Å². The number of aromatic nitrogens is 2. The zero-order chi connectivity index (χ0) is 15.0. The average molecular weight is 349 g/mol. The zero-order valence-electron chi connectivity index (χ0n) is 11.0. The Morgan fingerprint density at radius 3 is 2.71 bits per heavy atom. The van der Waals surface area contributed by atoms with Gasteiger partial charge in [0.1, 0.15) is 0 Å². The van der Waals surface area contributed by atoms with Gasteiger partial charge in [-0.3, -0.25) is 14.5 Å². The van der Waals surface area contributed by atoms with Gasteiger partial charge in [-0.25, -0.2) is 4.98 Å². The highest BCUT2D eigenvalue weighted by Gasteiger charge is 2.35. The number of nitrogens with two attached hydrogens (primary N) is 1. The molecule has 0 spiro atoms. The van der Waals surface area contributed by atoms with Gasteiger partial charge in [-0.05, 0) is 17.7 Å². The molecule has 1 aliphatic heterocycles. The number of anilines is 1. The first-order valence-electron chi connectivity index (χ1n) is 6.45. The van der Waals surface area contributed by atoms with E-state index in [9.17, 15) is 9.59 Å². The van der Waals surface area contributed by atoms with Crippen LogP contribution in [0.5, 0.6) is 0 Å². The van der Waals surface area contributed by atoms with Gasteiger partial charge in [-0.2, -0.15) is 0 Å². The monoisotopic (exact) mass is 348 g/mol. The van der Waals surface area contributed by atoms with Gasteiger partial charge >= 0.3 is 0 Å². The van der Waals surface area contributed by atoms with Gasteiger partial charge in [0.2, 0.25) is 17.8 Å². The molecule has 0 radical (unpaired) electrons. The van der Waals surface area contributed by atoms with Crippen molar-refractivity contribution in [3.8, 4) is 11.3 Å². The molecule has 6 nitrogen and oxygen atoms in total. The van der Waals surface area contributed by atoms with Crippen LogP contribution in [0.4, 0.5) is 5.95 Å². The maximum absolute atomic E-state index is 11.9. The van der Waals surface area contributed by atoms with Gasteiger partial charge in [0.15, 0.2) is 0 Å². The number of halogens is 1. The average Bonchev–Trinajstić information content (AvgIpc) is 3.06. The number of H-pyrrole nitrogens is 1. The van der Waals surface area contributed by atoms with E-state index < -0.39 is 11.8 Å². The van der Waals surface area contributed by atoms with Crippen molar-refractivity contribution in [1.29, 1.82) is 0 Å². The lowest BCUT2D eigenvalue weighted by atomic mass is 10.1. The predicted molar refractivity (Wildman–Crippen MR) is 81.4 cm³/mol. The first-order valence-corrected chi connectivity index (χ1v) is 7.24. The Morgan fingerprint density at radius 1 is 1.38 bits per heavy atom. The van der Waals surface area contributed by atoms with Gasteiger partial charge in [-0.1, -0.05) is 28.1 Å². The third-order valence-corrected chi connectivity index (χ3v) is 4.03. The van der Waals surface area contributed by atoms with E-state index in [1.807, 2.05) is 24.3 Å². The van der Waals surface area contributed by atoms with E-state index >= 15 is 0 Å². The lowest BCUT2D eigenvalue weighted by Crippen LogP contribution is -2.29. The smallest absolute Gasteiger partial charge is 0.230 e. The van der Waals surface area contributed by atoms with E-state index in [1.165, 1.54) is 4.90 Å². The molecule has 0 aliphatic carbocycles. The number of amides is 2. The Kier molecular flexibility index (Phi) is 3.50. The SMILES string of the molecule is NC(=O)C1CC(=O)N(c2ncc(-c3ccc(Br)cc3)[nH]2)C1. The third-order valence-electron chi connectivity index (χ3n) is 3.50. The number of hydrogen-bond donors (Lipinski definition) is 2. The van der Waals surface area contributed by atoms with Crippen molar-refractivity contribution in [3.05, 3.63) is 34.9 Å². The van der Waals surface area contributed by atoms with Crippen LogP contribution in [0.3, 0.4) is 0 Å². The molecule has 0 saturated carbocycles. The second-order valence-corrected chi connectivity index (χ2v) is 5.85. The summed E-state index contributed by atoms with van der Waals surface area (Å²) in [5, 5.41) is 0. The fourth-order valence-electron chi connectivity index (χ4n) is 2.33. The zero-order valence-corrected chi connectivity index (χ0v) is 12.6. The molecule has 1 aromatic heterocycles. The molecule has 3 N–H and O–H groups in total. The number of imidazole rings is 1. The van der Waals surface area contributed by atoms with Gasteiger partial charge in [-0.15, -0.1) is 0 Å². The fourth-order valence-corrected chi connectivity index (χ4v) is 2.59. The molecule has 21 heavy (non-hydrogen) atoms. The minimum Gasteiger partial charge on any atom is -0.369 e. The molecule has 1 unspecified atom stereocenters. The highest BCUT2D eigenvalue weighted by Crippen LogP contribution is 2.26. The number of nitrogens with zero attached hydrogens (tertiary/aromatic N) is 2. The summed E-state index contributed by atoms with van der Waals surface area (Å²) in [7, 11) is 0. The second-order valence-electron chi connectivity index (χ2n) is 4.94. The first-order chi connectivity index (χ1) is 10.0. The molecular formula is C14H13BrN4O2. The van der Waals surface area contributed by atoms with Crippen molar-refractivity contribution in [3.63, 3.8) is 0 Å². The molecule has 3 rings (SSSR count). The van der Waals surface area contributed by atoms with Crippen molar-refractivity contribution in [2.24, 2.45) is 11.7 Å². The number of hydrogen-bond acceptors (Lipinski definition) is 3. The lowest BCUT2D eigenvalue weighted by molar-refractivity contribution is -0.123. The number of carbonyl (C=O) groups excluding carboxylic acids is 2. The molecule has 1 aromatic carbocycles. The van der Waals surface area contributed by atoms with Crippen molar-refractivity contribution in [1.82, 2.24) is 9.97 Å². The molecule has 2 aromatic rings. The van der Waals surface area contributed by atoms with E-state index in [2.05, 4.69) is 25.9 Å². The van der Waals surface area contributed by atoms with Gasteiger partial charge in [0.05, 0.1) is 17.8 Å². The standard InChI is InChI=1S/C14H13BrN4O2/c15-10-3-1-8(2-4-10)11-6-17-14(18-11)19-7-9(13(16)21)5-12(19)20/h1-4,6,9H,5,7H2,(H2,16,21)(H,17,18). The summed E-state index contributed by atoms with van der Waals surface area (Å²) in [6, 6.07) is 7.75. The predicted octanol–water partition coefficient (Wildman–Crippen LogP) is 1.68. The van der Waals surface area contributed by atoms with E-state index in [4.69, 9.17) is 5.73 Å². The van der Waals surface area contributed by atoms with E-state index in [1.54, 1.807) is 6.20 Å². The summed E-state index contributed by atoms with van der Waals surface area (Å²) in [5.74, 6) is -0.596. The normalized spacial score (nSPS) is 18.2. The van der Waals surface area contributed by atoms with Crippen LogP contribution < -0.4 is 10.6 Å². The molecule has 2 heterocycles. The van der Waals surface area contributed by atoms with Crippen molar-refractivity contribution >= 4 is 33.7 Å². The third kappa shape index (κ3) is 2.69. The molecule has 7 heteroatoms. The highest BCUT2D eigenvalue weighted by atomic mass is 79.9. The number of carbonyl (C=O) groups is 2. The van der Waals surface area contributed by atoms with E-state index in [-0.39, 0.29) is 18.9 Å². The van der Waals surface area contributed by atoms with Crippen molar-refractivity contribution in [2.75, 3.05) is 11.4 Å². The Morgan fingerprint density at radius 2 is 2.10 bits per heavy atom. The van der Waals surface area contributed by atoms with Crippen molar-refractivity contribution < 1.29 is 9.59 Å². The second kappa shape index (κ2) is 5.33. The number of nitrogens with one attached hydrogen (secondary N) is 1. The quantitative estimate of drug-likeness (QED) is 0.883. The summed E-state index contributed by atoms with van der Waals surface area (Å²) >= 11 is 3.38. The summed E-state index contributed by atoms with van der Waals surface area (Å²) in [6.07, 6.45) is 1.81. The summed E-state index contributed by atoms with van der Waals surface area (Å²) in [4.78, 5) is 31.9. The van der Waals surface area contributed by atoms with Crippen LogP contribution in [0.1, 0.15) is 6.42 Å². The summed E-state index contributed by atoms with van der Waals surface area (Å²) in [6.45, 7) is 0.279. The molecule has 2 amide bonds. The van der Waals surface area contributed by atoms with Gasteiger partial charge in [0, 0.05) is 17.4 Å². The van der Waals surface area contributed by atoms with E-state index in [0.29, 0.717) is 5.95 Å². The largest absolute Gasteiger partial charge is 0.369 e. The fraction of sp³-hybridized carbons (Fsp3) is 0.214. The summed E-state index contributed by atoms with van der Waals surface area (Å²) < 4.78 is 0.991. The maximum Gasteiger partial charge on any atom is 0.230 e. The van der Waals surface area contributed by atoms with Gasteiger partial charge in [0.25, 0.3) is 0 Å². The first kappa shape index (κ1) is 13.8. The van der Waals surface area contributed by atoms with Crippen LogP contribution in [-0.2, 0) is 9.59 Å². The Bertz CT molecular complexity index is 695. The molecule has 1 saturated heterocycles. The molecule has 0 bridgehead atoms. The highest BCUT2D eigenvalue weighted by molar-refractivity contribution is 9.10. The Labute approximate surface area is 129 Å². The molecule has 1 aliphatic rings. The number of aromatic amines is 1. The van der Waals surface area contributed by atoms with Crippen LogP contribution >= 0.6 is 15.9 Å². The van der Waals surface area contributed by atoms with Crippen molar-refractivity contribution in [2.45, 2.75) is 6.42 Å². The van der Waals surface area contributed by atoms with Crippen LogP contribution in [0.15, 0.2) is 34.9 Å². The molecular weight excluding hydrogens is 336 g/mol. The maximum atomic E-state index is 11.9.